The molecular formula is C29H28CoN5O4-. The predicted octanol–water partition coefficient (Wildman–Crippen LogP) is 6.52. The van der Waals surface area contributed by atoms with Crippen LogP contribution in [-0.4, -0.2) is 38.0 Å². The molecule has 1 radical (unpaired) electrons. The molecule has 0 bridgehead atoms. The minimum atomic E-state index is -0.833. The van der Waals surface area contributed by atoms with E-state index in [0.717, 1.165) is 23.6 Å². The van der Waals surface area contributed by atoms with Gasteiger partial charge in [0, 0.05) is 47.8 Å². The molecular weight excluding hydrogens is 541 g/mol. The van der Waals surface area contributed by atoms with E-state index in [-0.39, 0.29) is 16.8 Å². The maximum absolute atomic E-state index is 9.00. The number of hydrogen-bond donors (Lipinski definition) is 2. The van der Waals surface area contributed by atoms with Crippen LogP contribution in [0.5, 0.6) is 0 Å². The first kappa shape index (κ1) is 31.0. The minimum Gasteiger partial charge on any atom is -0.481 e. The van der Waals surface area contributed by atoms with E-state index >= 15 is 0 Å². The molecule has 10 heteroatoms. The monoisotopic (exact) mass is 569 g/mol. The van der Waals surface area contributed by atoms with E-state index in [0.29, 0.717) is 23.3 Å². The van der Waals surface area contributed by atoms with Gasteiger partial charge in [0.15, 0.2) is 0 Å². The summed E-state index contributed by atoms with van der Waals surface area (Å²) < 4.78 is 0. The van der Waals surface area contributed by atoms with Gasteiger partial charge in [0.2, 0.25) is 0 Å². The van der Waals surface area contributed by atoms with Crippen molar-refractivity contribution in [2.24, 2.45) is 9.98 Å². The summed E-state index contributed by atoms with van der Waals surface area (Å²) in [7, 11) is 0. The summed E-state index contributed by atoms with van der Waals surface area (Å²) >= 11 is 0. The van der Waals surface area contributed by atoms with Gasteiger partial charge in [0.25, 0.3) is 5.97 Å². The van der Waals surface area contributed by atoms with E-state index < -0.39 is 11.6 Å². The van der Waals surface area contributed by atoms with Gasteiger partial charge in [-0.3, -0.25) is 20.0 Å². The molecule has 0 fully saturated rings. The number of carboxylic acids is 1. The molecule has 1 aliphatic heterocycles. The van der Waals surface area contributed by atoms with Gasteiger partial charge in [-0.15, -0.1) is 0 Å². The Labute approximate surface area is 237 Å². The van der Waals surface area contributed by atoms with Crippen molar-refractivity contribution in [2.45, 2.75) is 26.4 Å². The zero-order valence-electron chi connectivity index (χ0n) is 21.6. The van der Waals surface area contributed by atoms with Crippen molar-refractivity contribution in [2.75, 3.05) is 0 Å². The van der Waals surface area contributed by atoms with Gasteiger partial charge in [-0.1, -0.05) is 66.7 Å². The Morgan fingerprint density at radius 3 is 1.56 bits per heavy atom. The summed E-state index contributed by atoms with van der Waals surface area (Å²) in [6.07, 6.45) is 3.42. The SMILES string of the molecule is CC(=O)O.CC(C)(OO)c1ccccc1.[Co].c1ccc(/N=C2\[N-]/C(=N\c3ccccn3)c3ccccc32)nc1. The normalized spacial score (nSPS) is 13.5. The average molecular weight is 570 g/mol. The van der Waals surface area contributed by atoms with E-state index in [1.54, 1.807) is 12.4 Å². The van der Waals surface area contributed by atoms with E-state index in [9.17, 15) is 0 Å². The van der Waals surface area contributed by atoms with Crippen molar-refractivity contribution in [3.8, 4) is 0 Å². The van der Waals surface area contributed by atoms with E-state index in [2.05, 4.69) is 30.2 Å². The summed E-state index contributed by atoms with van der Waals surface area (Å²) in [5.41, 5.74) is 2.25. The first-order chi connectivity index (χ1) is 18.3. The Kier molecular flexibility index (Phi) is 12.1. The second kappa shape index (κ2) is 15.3. The van der Waals surface area contributed by atoms with E-state index in [1.165, 1.54) is 0 Å². The maximum Gasteiger partial charge on any atom is 0.300 e. The Morgan fingerprint density at radius 1 is 0.769 bits per heavy atom. The fourth-order valence-electron chi connectivity index (χ4n) is 3.21. The van der Waals surface area contributed by atoms with Gasteiger partial charge in [-0.2, -0.15) is 0 Å². The van der Waals surface area contributed by atoms with Crippen LogP contribution in [0.15, 0.2) is 113 Å². The molecule has 39 heavy (non-hydrogen) atoms. The van der Waals surface area contributed by atoms with Crippen LogP contribution in [0.2, 0.25) is 0 Å². The first-order valence-corrected chi connectivity index (χ1v) is 11.7. The number of amidine groups is 2. The van der Waals surface area contributed by atoms with Crippen LogP contribution < -0.4 is 0 Å². The molecule has 3 heterocycles. The molecule has 203 valence electrons. The van der Waals surface area contributed by atoms with E-state index in [4.69, 9.17) is 15.2 Å². The molecule has 1 aliphatic rings. The van der Waals surface area contributed by atoms with Crippen LogP contribution in [0.1, 0.15) is 37.5 Å². The van der Waals surface area contributed by atoms with Crippen molar-refractivity contribution in [3.63, 3.8) is 0 Å². The molecule has 2 N–H and O–H groups in total. The number of nitrogens with zero attached hydrogens (tertiary/aromatic N) is 5. The average Bonchev–Trinajstić information content (AvgIpc) is 3.27. The van der Waals surface area contributed by atoms with Crippen LogP contribution in [0, 0.1) is 0 Å². The third-order valence-electron chi connectivity index (χ3n) is 5.06. The van der Waals surface area contributed by atoms with Gasteiger partial charge in [0.1, 0.15) is 5.60 Å². The zero-order chi connectivity index (χ0) is 27.4. The topological polar surface area (TPSA) is 131 Å². The molecule has 0 atom stereocenters. The van der Waals surface area contributed by atoms with E-state index in [1.807, 2.05) is 105 Å². The standard InChI is InChI=1S/C18H12N5.C9H12O2.C2H4O2.Co/c1-2-8-14-13(7-1)17(21-15-9-3-5-11-19-15)23-18(14)22-16-10-4-6-12-20-16;1-9(2,11-10)8-6-4-3-5-7-8;1-2(3)4;/h1-12H;3-7,10H,1-2H3;1H3,(H,3,4);/q-1;;;. The number of rotatable bonds is 4. The summed E-state index contributed by atoms with van der Waals surface area (Å²) in [6, 6.07) is 28.7. The number of fused-ring (bicyclic) bond motifs is 1. The molecule has 9 nitrogen and oxygen atoms in total. The number of pyridine rings is 2. The van der Waals surface area contributed by atoms with Crippen LogP contribution >= 0.6 is 0 Å². The third kappa shape index (κ3) is 9.54. The summed E-state index contributed by atoms with van der Waals surface area (Å²) in [6.45, 7) is 4.70. The van der Waals surface area contributed by atoms with Gasteiger partial charge >= 0.3 is 0 Å². The minimum absolute atomic E-state index is 0. The number of aromatic nitrogens is 2. The quantitative estimate of drug-likeness (QED) is 0.213. The summed E-state index contributed by atoms with van der Waals surface area (Å²) in [4.78, 5) is 30.8. The molecule has 5 rings (SSSR count). The Bertz CT molecular complexity index is 1300. The second-order valence-electron chi connectivity index (χ2n) is 8.39. The van der Waals surface area contributed by atoms with Gasteiger partial charge in [0.05, 0.1) is 11.6 Å². The smallest absolute Gasteiger partial charge is 0.300 e. The van der Waals surface area contributed by atoms with Crippen molar-refractivity contribution >= 4 is 29.3 Å². The maximum atomic E-state index is 9.00. The van der Waals surface area contributed by atoms with Crippen molar-refractivity contribution in [3.05, 3.63) is 125 Å². The van der Waals surface area contributed by atoms with Crippen LogP contribution in [0.4, 0.5) is 11.6 Å². The summed E-state index contributed by atoms with van der Waals surface area (Å²) in [5.74, 6) is 1.66. The zero-order valence-corrected chi connectivity index (χ0v) is 22.6. The summed E-state index contributed by atoms with van der Waals surface area (Å²) in [5, 5.41) is 20.5. The molecule has 2 aromatic heterocycles. The number of hydrogen-bond acceptors (Lipinski definition) is 7. The van der Waals surface area contributed by atoms with Crippen LogP contribution in [0.3, 0.4) is 0 Å². The van der Waals surface area contributed by atoms with Crippen molar-refractivity contribution in [1.82, 2.24) is 9.97 Å². The molecule has 0 unspecified atom stereocenters. The van der Waals surface area contributed by atoms with Crippen LogP contribution in [0.25, 0.3) is 5.32 Å². The fraction of sp³-hybridized carbons (Fsp3) is 0.138. The Hall–Kier alpha value is -4.22. The van der Waals surface area contributed by atoms with Crippen LogP contribution in [-0.2, 0) is 32.1 Å². The third-order valence-corrected chi connectivity index (χ3v) is 5.06. The number of carboxylic acid groups (broad SMARTS) is 1. The fourth-order valence-corrected chi connectivity index (χ4v) is 3.21. The largest absolute Gasteiger partial charge is 0.481 e. The van der Waals surface area contributed by atoms with Gasteiger partial charge in [-0.25, -0.2) is 4.89 Å². The Balaban J connectivity index is 0.000000280. The number of aliphatic carboxylic acids is 1. The molecule has 0 saturated carbocycles. The predicted molar refractivity (Wildman–Crippen MR) is 147 cm³/mol. The second-order valence-corrected chi connectivity index (χ2v) is 8.39. The van der Waals surface area contributed by atoms with Crippen molar-refractivity contribution < 1.29 is 36.8 Å². The molecule has 0 spiro atoms. The molecule has 0 aliphatic carbocycles. The first-order valence-electron chi connectivity index (χ1n) is 11.7. The van der Waals surface area contributed by atoms with Gasteiger partial charge in [-0.05, 0) is 54.8 Å². The number of aliphatic imine (C=N–C) groups is 2. The number of benzene rings is 2. The molecule has 4 aromatic rings. The molecule has 2 aromatic carbocycles. The molecule has 0 saturated heterocycles. The molecule has 0 amide bonds. The Morgan fingerprint density at radius 2 is 1.18 bits per heavy atom. The van der Waals surface area contributed by atoms with Crippen molar-refractivity contribution in [1.29, 1.82) is 0 Å². The number of carbonyl (C=O) groups is 1. The van der Waals surface area contributed by atoms with Gasteiger partial charge < -0.3 is 20.4 Å².